The molecule has 0 aliphatic carbocycles. The molecule has 1 amide bonds. The maximum atomic E-state index is 12.9. The second-order valence-electron chi connectivity index (χ2n) is 7.17. The van der Waals surface area contributed by atoms with Gasteiger partial charge in [0.15, 0.2) is 17.3 Å². The molecule has 0 atom stereocenters. The van der Waals surface area contributed by atoms with Gasteiger partial charge in [0.05, 0.1) is 25.0 Å². The number of benzene rings is 2. The van der Waals surface area contributed by atoms with Crippen molar-refractivity contribution in [1.82, 2.24) is 5.16 Å². The molecule has 0 fully saturated rings. The van der Waals surface area contributed by atoms with Gasteiger partial charge in [0.2, 0.25) is 0 Å². The summed E-state index contributed by atoms with van der Waals surface area (Å²) in [6, 6.07) is 10.2. The Balaban J connectivity index is 1.71. The van der Waals surface area contributed by atoms with Crippen molar-refractivity contribution in [3.05, 3.63) is 58.4 Å². The number of hydrogen-bond donors (Lipinski definition) is 1. The third-order valence-corrected chi connectivity index (χ3v) is 6.82. The Morgan fingerprint density at radius 1 is 1.22 bits per heavy atom. The third kappa shape index (κ3) is 4.11. The molecule has 0 radical (unpaired) electrons. The molecule has 0 bridgehead atoms. The Morgan fingerprint density at radius 2 is 1.94 bits per heavy atom. The number of methoxy groups -OCH3 is 1. The van der Waals surface area contributed by atoms with Gasteiger partial charge in [-0.05, 0) is 31.5 Å². The molecule has 0 spiro atoms. The molecule has 0 saturated heterocycles. The number of sulfonamides is 1. The Bertz CT molecular complexity index is 1270. The monoisotopic (exact) mass is 477 g/mol. The van der Waals surface area contributed by atoms with Gasteiger partial charge in [0.25, 0.3) is 15.9 Å². The van der Waals surface area contributed by atoms with Crippen LogP contribution in [0.3, 0.4) is 0 Å². The minimum Gasteiger partial charge on any atom is -0.494 e. The van der Waals surface area contributed by atoms with E-state index < -0.39 is 10.0 Å². The summed E-state index contributed by atoms with van der Waals surface area (Å²) in [6.07, 6.45) is 0. The number of aryl methyl sites for hydroxylation is 2. The lowest BCUT2D eigenvalue weighted by Crippen LogP contribution is -2.38. The number of nitrogens with one attached hydrogen (secondary N) is 1. The maximum absolute atomic E-state index is 12.9. The number of nitrogens with zero attached hydrogens (tertiary/aromatic N) is 2. The quantitative estimate of drug-likeness (QED) is 0.576. The van der Waals surface area contributed by atoms with Crippen LogP contribution in [0, 0.1) is 13.8 Å². The molecule has 2 aromatic carbocycles. The number of hydrogen-bond acceptors (Lipinski definition) is 7. The highest BCUT2D eigenvalue weighted by atomic mass is 35.5. The summed E-state index contributed by atoms with van der Waals surface area (Å²) >= 11 is 5.95. The van der Waals surface area contributed by atoms with Crippen molar-refractivity contribution in [2.75, 3.05) is 23.3 Å². The van der Waals surface area contributed by atoms with Crippen molar-refractivity contribution in [3.8, 4) is 11.5 Å². The molecular weight excluding hydrogens is 458 g/mol. The van der Waals surface area contributed by atoms with Crippen molar-refractivity contribution in [1.29, 1.82) is 0 Å². The van der Waals surface area contributed by atoms with E-state index in [0.717, 1.165) is 5.56 Å². The first kappa shape index (κ1) is 22.0. The van der Waals surface area contributed by atoms with Crippen LogP contribution in [0.1, 0.15) is 17.0 Å². The van der Waals surface area contributed by atoms with Crippen molar-refractivity contribution in [3.63, 3.8) is 0 Å². The predicted molar refractivity (Wildman–Crippen MR) is 118 cm³/mol. The summed E-state index contributed by atoms with van der Waals surface area (Å²) < 4.78 is 44.4. The highest BCUT2D eigenvalue weighted by Gasteiger charge is 2.30. The number of aromatic nitrogens is 1. The topological polar surface area (TPSA) is 111 Å². The molecule has 0 saturated carbocycles. The zero-order chi connectivity index (χ0) is 23.0. The molecule has 0 unspecified atom stereocenters. The Morgan fingerprint density at radius 3 is 2.56 bits per heavy atom. The molecule has 4 rings (SSSR count). The van der Waals surface area contributed by atoms with E-state index in [1.807, 2.05) is 12.1 Å². The standard InChI is InChI=1S/C21H20ClN3O6S/c1-12-21(13(2)31-23-12)32(27,28)24-16-8-19-17(9-18(16)29-3)25(20(26)11-30-19)10-14-4-6-15(22)7-5-14/h4-9,24H,10-11H2,1-3H3. The fourth-order valence-electron chi connectivity index (χ4n) is 3.48. The summed E-state index contributed by atoms with van der Waals surface area (Å²) in [5.74, 6) is 0.496. The number of carbonyl (C=O) groups excluding carboxylic acids is 1. The SMILES string of the molecule is COc1cc2c(cc1NS(=O)(=O)c1c(C)noc1C)OCC(=O)N2Cc1ccc(Cl)cc1. The molecule has 32 heavy (non-hydrogen) atoms. The van der Waals surface area contributed by atoms with Crippen molar-refractivity contribution in [2.45, 2.75) is 25.3 Å². The smallest absolute Gasteiger partial charge is 0.267 e. The Labute approximate surface area is 189 Å². The Hall–Kier alpha value is -3.24. The zero-order valence-electron chi connectivity index (χ0n) is 17.5. The summed E-state index contributed by atoms with van der Waals surface area (Å²) in [5.41, 5.74) is 1.74. The van der Waals surface area contributed by atoms with Gasteiger partial charge in [0.1, 0.15) is 17.2 Å². The summed E-state index contributed by atoms with van der Waals surface area (Å²) in [4.78, 5) is 14.1. The predicted octanol–water partition coefficient (Wildman–Crippen LogP) is 3.68. The van der Waals surface area contributed by atoms with Gasteiger partial charge in [-0.3, -0.25) is 9.52 Å². The second kappa shape index (κ2) is 8.36. The van der Waals surface area contributed by atoms with Gasteiger partial charge < -0.3 is 18.9 Å². The van der Waals surface area contributed by atoms with E-state index >= 15 is 0 Å². The van der Waals surface area contributed by atoms with Crippen LogP contribution in [0.2, 0.25) is 5.02 Å². The number of anilines is 2. The van der Waals surface area contributed by atoms with Crippen LogP contribution in [-0.4, -0.2) is 33.2 Å². The molecule has 1 N–H and O–H groups in total. The fraction of sp³-hybridized carbons (Fsp3) is 0.238. The van der Waals surface area contributed by atoms with Crippen LogP contribution in [0.4, 0.5) is 11.4 Å². The minimum atomic E-state index is -4.00. The van der Waals surface area contributed by atoms with E-state index in [1.165, 1.54) is 20.1 Å². The number of halogens is 1. The number of amides is 1. The van der Waals surface area contributed by atoms with E-state index in [-0.39, 0.29) is 40.3 Å². The molecular formula is C21H20ClN3O6S. The summed E-state index contributed by atoms with van der Waals surface area (Å²) in [5, 5.41) is 4.29. The van der Waals surface area contributed by atoms with Gasteiger partial charge in [0, 0.05) is 17.2 Å². The largest absolute Gasteiger partial charge is 0.494 e. The average molecular weight is 478 g/mol. The van der Waals surface area contributed by atoms with Crippen LogP contribution < -0.4 is 19.1 Å². The number of rotatable bonds is 6. The average Bonchev–Trinajstić information content (AvgIpc) is 3.10. The fourth-order valence-corrected chi connectivity index (χ4v) is 4.99. The first-order chi connectivity index (χ1) is 15.2. The summed E-state index contributed by atoms with van der Waals surface area (Å²) in [6.45, 7) is 3.17. The van der Waals surface area contributed by atoms with E-state index in [4.69, 9.17) is 25.6 Å². The minimum absolute atomic E-state index is 0.0438. The molecule has 1 aliphatic rings. The first-order valence-corrected chi connectivity index (χ1v) is 11.4. The Kier molecular flexibility index (Phi) is 5.74. The van der Waals surface area contributed by atoms with Gasteiger partial charge >= 0.3 is 0 Å². The lowest BCUT2D eigenvalue weighted by molar-refractivity contribution is -0.121. The highest BCUT2D eigenvalue weighted by Crippen LogP contribution is 2.42. The molecule has 3 aromatic rings. The molecule has 2 heterocycles. The normalized spacial score (nSPS) is 13.5. The van der Waals surface area contributed by atoms with Gasteiger partial charge in [-0.1, -0.05) is 28.9 Å². The number of carbonyl (C=O) groups is 1. The van der Waals surface area contributed by atoms with Crippen molar-refractivity contribution < 1.29 is 27.2 Å². The van der Waals surface area contributed by atoms with E-state index in [1.54, 1.807) is 30.0 Å². The van der Waals surface area contributed by atoms with Crippen LogP contribution >= 0.6 is 11.6 Å². The van der Waals surface area contributed by atoms with E-state index in [9.17, 15) is 13.2 Å². The van der Waals surface area contributed by atoms with Gasteiger partial charge in [-0.25, -0.2) is 8.42 Å². The van der Waals surface area contributed by atoms with Crippen LogP contribution in [0.25, 0.3) is 0 Å². The van der Waals surface area contributed by atoms with Crippen LogP contribution in [0.15, 0.2) is 45.8 Å². The summed E-state index contributed by atoms with van der Waals surface area (Å²) in [7, 11) is -2.60. The van der Waals surface area contributed by atoms with Gasteiger partial charge in [-0.15, -0.1) is 0 Å². The molecule has 11 heteroatoms. The zero-order valence-corrected chi connectivity index (χ0v) is 19.1. The van der Waals surface area contributed by atoms with Crippen LogP contribution in [-0.2, 0) is 21.4 Å². The first-order valence-electron chi connectivity index (χ1n) is 9.55. The van der Waals surface area contributed by atoms with Crippen molar-refractivity contribution >= 4 is 38.9 Å². The second-order valence-corrected chi connectivity index (χ2v) is 9.23. The lowest BCUT2D eigenvalue weighted by Gasteiger charge is -2.30. The molecule has 168 valence electrons. The van der Waals surface area contributed by atoms with Crippen LogP contribution in [0.5, 0.6) is 11.5 Å². The van der Waals surface area contributed by atoms with E-state index in [2.05, 4.69) is 9.88 Å². The van der Waals surface area contributed by atoms with E-state index in [0.29, 0.717) is 23.0 Å². The van der Waals surface area contributed by atoms with Crippen molar-refractivity contribution in [2.24, 2.45) is 0 Å². The molecule has 9 nitrogen and oxygen atoms in total. The van der Waals surface area contributed by atoms with Gasteiger partial charge in [-0.2, -0.15) is 0 Å². The number of ether oxygens (including phenoxy) is 2. The maximum Gasteiger partial charge on any atom is 0.267 e. The molecule has 1 aliphatic heterocycles. The lowest BCUT2D eigenvalue weighted by atomic mass is 10.1. The number of fused-ring (bicyclic) bond motifs is 1. The highest BCUT2D eigenvalue weighted by molar-refractivity contribution is 7.92. The molecule has 1 aromatic heterocycles. The third-order valence-electron chi connectivity index (χ3n) is 4.96.